The number of nitrogens with one attached hydrogen (secondary N) is 1. The van der Waals surface area contributed by atoms with E-state index in [1.807, 2.05) is 55.5 Å². The van der Waals surface area contributed by atoms with Crippen molar-refractivity contribution in [1.29, 1.82) is 0 Å². The average molecular weight is 510 g/mol. The summed E-state index contributed by atoms with van der Waals surface area (Å²) in [7, 11) is 0. The summed E-state index contributed by atoms with van der Waals surface area (Å²) in [6.07, 6.45) is 0. The van der Waals surface area contributed by atoms with Gasteiger partial charge in [-0.05, 0) is 70.8 Å². The number of H-pyrrole nitrogens is 1. The number of pyridine rings is 1. The Balaban J connectivity index is 1.38. The van der Waals surface area contributed by atoms with E-state index >= 15 is 0 Å². The first-order valence-electron chi connectivity index (χ1n) is 12.7. The van der Waals surface area contributed by atoms with Gasteiger partial charge in [-0.25, -0.2) is 9.07 Å². The minimum atomic E-state index is -0.433. The van der Waals surface area contributed by atoms with Crippen molar-refractivity contribution in [1.82, 2.24) is 30.1 Å². The van der Waals surface area contributed by atoms with Crippen molar-refractivity contribution in [2.24, 2.45) is 0 Å². The molecule has 1 aliphatic heterocycles. The number of aryl methyl sites for hydroxylation is 1. The molecule has 0 radical (unpaired) electrons. The molecular formula is C29H28FN7O. The van der Waals surface area contributed by atoms with Gasteiger partial charge in [-0.2, -0.15) is 0 Å². The second kappa shape index (κ2) is 10.2. The van der Waals surface area contributed by atoms with E-state index in [9.17, 15) is 9.18 Å². The summed E-state index contributed by atoms with van der Waals surface area (Å²) in [4.78, 5) is 21.0. The molecule has 0 unspecified atom stereocenters. The van der Waals surface area contributed by atoms with E-state index in [1.165, 1.54) is 12.1 Å². The highest BCUT2D eigenvalue weighted by atomic mass is 19.1. The van der Waals surface area contributed by atoms with Crippen LogP contribution in [0.4, 0.5) is 10.1 Å². The molecular weight excluding hydrogens is 481 g/mol. The Hall–Kier alpha value is -4.37. The molecule has 3 aromatic carbocycles. The van der Waals surface area contributed by atoms with Crippen LogP contribution in [0.15, 0.2) is 83.7 Å². The quantitative estimate of drug-likeness (QED) is 0.374. The summed E-state index contributed by atoms with van der Waals surface area (Å²) >= 11 is 0. The van der Waals surface area contributed by atoms with E-state index in [-0.39, 0.29) is 11.4 Å². The van der Waals surface area contributed by atoms with Gasteiger partial charge in [0.05, 0.1) is 6.54 Å². The van der Waals surface area contributed by atoms with Gasteiger partial charge in [0.25, 0.3) is 5.56 Å². The number of halogens is 1. The standard InChI is InChI=1S/C29H28FN7O/c1-20-7-12-26-22(17-20)18-25(29(38)31-26)27(28-32-33-34-37(28)19-21-5-3-2-4-6-21)36-15-13-35(14-16-36)24-10-8-23(30)9-11-24/h2-12,17-18,27H,13-16,19H2,1H3,(H,31,38)/t27-/m0/s1. The number of fused-ring (bicyclic) bond motifs is 1. The van der Waals surface area contributed by atoms with Crippen LogP contribution in [0.1, 0.15) is 28.6 Å². The van der Waals surface area contributed by atoms with Gasteiger partial charge in [0.1, 0.15) is 11.9 Å². The van der Waals surface area contributed by atoms with Crippen LogP contribution in [-0.2, 0) is 6.54 Å². The number of tetrazole rings is 1. The van der Waals surface area contributed by atoms with Crippen LogP contribution in [0, 0.1) is 12.7 Å². The van der Waals surface area contributed by atoms with Gasteiger partial charge < -0.3 is 9.88 Å². The SMILES string of the molecule is Cc1ccc2[nH]c(=O)c([C@@H](c3nnnn3Cc3ccccc3)N3CCN(c4ccc(F)cc4)CC3)cc2c1. The van der Waals surface area contributed by atoms with E-state index in [0.717, 1.165) is 40.8 Å². The molecule has 38 heavy (non-hydrogen) atoms. The highest BCUT2D eigenvalue weighted by molar-refractivity contribution is 5.79. The van der Waals surface area contributed by atoms with Gasteiger partial charge >= 0.3 is 0 Å². The molecule has 1 atom stereocenters. The maximum Gasteiger partial charge on any atom is 0.253 e. The topological polar surface area (TPSA) is 82.9 Å². The summed E-state index contributed by atoms with van der Waals surface area (Å²) in [6, 6.07) is 24.1. The third-order valence-corrected chi connectivity index (χ3v) is 7.17. The smallest absolute Gasteiger partial charge is 0.253 e. The van der Waals surface area contributed by atoms with Gasteiger partial charge in [-0.3, -0.25) is 9.69 Å². The lowest BCUT2D eigenvalue weighted by atomic mass is 10.0. The highest BCUT2D eigenvalue weighted by Gasteiger charge is 2.32. The molecule has 0 bridgehead atoms. The number of aromatic nitrogens is 5. The van der Waals surface area contributed by atoms with Gasteiger partial charge in [0, 0.05) is 42.9 Å². The summed E-state index contributed by atoms with van der Waals surface area (Å²) in [5, 5.41) is 13.7. The third-order valence-electron chi connectivity index (χ3n) is 7.17. The van der Waals surface area contributed by atoms with Crippen LogP contribution >= 0.6 is 0 Å². The number of benzene rings is 3. The van der Waals surface area contributed by atoms with E-state index < -0.39 is 6.04 Å². The fourth-order valence-electron chi connectivity index (χ4n) is 5.21. The number of anilines is 1. The lowest BCUT2D eigenvalue weighted by Gasteiger charge is -2.39. The maximum atomic E-state index is 13.5. The molecule has 5 aromatic rings. The van der Waals surface area contributed by atoms with Crippen LogP contribution in [0.2, 0.25) is 0 Å². The van der Waals surface area contributed by atoms with Crippen molar-refractivity contribution in [3.8, 4) is 0 Å². The summed E-state index contributed by atoms with van der Waals surface area (Å²) < 4.78 is 15.2. The molecule has 1 saturated heterocycles. The number of piperazine rings is 1. The summed E-state index contributed by atoms with van der Waals surface area (Å²) in [6.45, 7) is 5.37. The third kappa shape index (κ3) is 4.80. The van der Waals surface area contributed by atoms with E-state index in [4.69, 9.17) is 0 Å². The fourth-order valence-corrected chi connectivity index (χ4v) is 5.21. The zero-order valence-electron chi connectivity index (χ0n) is 21.1. The maximum absolute atomic E-state index is 13.5. The summed E-state index contributed by atoms with van der Waals surface area (Å²) in [5.74, 6) is 0.380. The first-order chi connectivity index (χ1) is 18.5. The molecule has 6 rings (SSSR count). The van der Waals surface area contributed by atoms with Crippen LogP contribution in [-0.4, -0.2) is 56.3 Å². The number of nitrogens with zero attached hydrogens (tertiary/aromatic N) is 6. The number of rotatable bonds is 6. The van der Waals surface area contributed by atoms with Crippen molar-refractivity contribution in [2.75, 3.05) is 31.1 Å². The number of hydrogen-bond donors (Lipinski definition) is 1. The predicted octanol–water partition coefficient (Wildman–Crippen LogP) is 3.92. The first kappa shape index (κ1) is 24.0. The Morgan fingerprint density at radius 3 is 2.47 bits per heavy atom. The average Bonchev–Trinajstić information content (AvgIpc) is 3.38. The van der Waals surface area contributed by atoms with Crippen molar-refractivity contribution in [3.05, 3.63) is 118 Å². The Morgan fingerprint density at radius 2 is 1.71 bits per heavy atom. The molecule has 2 aromatic heterocycles. The van der Waals surface area contributed by atoms with Crippen molar-refractivity contribution in [3.63, 3.8) is 0 Å². The number of aromatic amines is 1. The molecule has 8 nitrogen and oxygen atoms in total. The van der Waals surface area contributed by atoms with Crippen LogP contribution < -0.4 is 10.5 Å². The Morgan fingerprint density at radius 1 is 0.947 bits per heavy atom. The molecule has 192 valence electrons. The monoisotopic (exact) mass is 509 g/mol. The van der Waals surface area contributed by atoms with Gasteiger partial charge in [-0.15, -0.1) is 5.10 Å². The Kier molecular flexibility index (Phi) is 6.43. The van der Waals surface area contributed by atoms with E-state index in [0.29, 0.717) is 31.0 Å². The Bertz CT molecular complexity index is 1610. The molecule has 1 N–H and O–H groups in total. The molecule has 0 aliphatic carbocycles. The lowest BCUT2D eigenvalue weighted by Crippen LogP contribution is -2.49. The lowest BCUT2D eigenvalue weighted by molar-refractivity contribution is 0.200. The zero-order valence-corrected chi connectivity index (χ0v) is 21.1. The van der Waals surface area contributed by atoms with Crippen molar-refractivity contribution in [2.45, 2.75) is 19.5 Å². The molecule has 1 aliphatic rings. The molecule has 9 heteroatoms. The summed E-state index contributed by atoms with van der Waals surface area (Å²) in [5.41, 5.74) is 4.44. The highest BCUT2D eigenvalue weighted by Crippen LogP contribution is 2.29. The molecule has 3 heterocycles. The van der Waals surface area contributed by atoms with Gasteiger partial charge in [-0.1, -0.05) is 42.0 Å². The minimum absolute atomic E-state index is 0.151. The van der Waals surface area contributed by atoms with Crippen LogP contribution in [0.3, 0.4) is 0 Å². The van der Waals surface area contributed by atoms with Gasteiger partial charge in [0.2, 0.25) is 0 Å². The van der Waals surface area contributed by atoms with Crippen LogP contribution in [0.25, 0.3) is 10.9 Å². The number of hydrogen-bond acceptors (Lipinski definition) is 6. The van der Waals surface area contributed by atoms with E-state index in [2.05, 4.69) is 36.4 Å². The molecule has 0 spiro atoms. The zero-order chi connectivity index (χ0) is 26.1. The second-order valence-electron chi connectivity index (χ2n) is 9.73. The first-order valence-corrected chi connectivity index (χ1v) is 12.7. The molecule has 0 amide bonds. The normalized spacial score (nSPS) is 15.2. The van der Waals surface area contributed by atoms with E-state index in [1.54, 1.807) is 16.8 Å². The fraction of sp³-hybridized carbons (Fsp3) is 0.241. The van der Waals surface area contributed by atoms with Crippen molar-refractivity contribution >= 4 is 16.6 Å². The minimum Gasteiger partial charge on any atom is -0.369 e. The largest absolute Gasteiger partial charge is 0.369 e. The van der Waals surface area contributed by atoms with Gasteiger partial charge in [0.15, 0.2) is 5.82 Å². The molecule has 1 fully saturated rings. The predicted molar refractivity (Wildman–Crippen MR) is 145 cm³/mol. The Labute approximate surface area is 219 Å². The second-order valence-corrected chi connectivity index (χ2v) is 9.73. The van der Waals surface area contributed by atoms with Crippen molar-refractivity contribution < 1.29 is 4.39 Å². The van der Waals surface area contributed by atoms with Crippen LogP contribution in [0.5, 0.6) is 0 Å². The molecule has 0 saturated carbocycles.